The summed E-state index contributed by atoms with van der Waals surface area (Å²) in [5.74, 6) is -0.395. The summed E-state index contributed by atoms with van der Waals surface area (Å²) in [7, 11) is 1.57. The summed E-state index contributed by atoms with van der Waals surface area (Å²) < 4.78 is 43.1. The molecule has 1 heterocycles. The molecule has 0 aliphatic carbocycles. The number of halogens is 4. The monoisotopic (exact) mass is 500 g/mol. The first-order chi connectivity index (χ1) is 12.0. The topological polar surface area (TPSA) is 58.5 Å². The summed E-state index contributed by atoms with van der Waals surface area (Å²) in [4.78, 5) is 8.38. The summed E-state index contributed by atoms with van der Waals surface area (Å²) in [6, 6.07) is 3.81. The van der Waals surface area contributed by atoms with E-state index in [1.165, 1.54) is 18.2 Å². The zero-order valence-corrected chi connectivity index (χ0v) is 17.4. The van der Waals surface area contributed by atoms with Gasteiger partial charge < -0.3 is 15.4 Å². The highest BCUT2D eigenvalue weighted by Crippen LogP contribution is 2.23. The van der Waals surface area contributed by atoms with Gasteiger partial charge in [-0.05, 0) is 19.1 Å². The minimum atomic E-state index is -3.01. The molecule has 0 fully saturated rings. The first kappa shape index (κ1) is 22.5. The zero-order valence-electron chi connectivity index (χ0n) is 14.3. The molecule has 0 aliphatic rings. The Labute approximate surface area is 171 Å². The summed E-state index contributed by atoms with van der Waals surface area (Å²) in [6.07, 6.45) is 0.713. The number of alkyl halides is 2. The number of benzene rings is 1. The Hall–Kier alpha value is -1.56. The standard InChI is InChI=1S/C16H19F3N4OS.HI/c1-10-23-11(9-25-10)6-7-21-16(20-2)22-8-12-13(17)4-3-5-14(12)24-15(18)19;/h3-5,9,15H,6-8H2,1-2H3,(H2,20,21,22);1H. The highest BCUT2D eigenvalue weighted by Gasteiger charge is 2.14. The Morgan fingerprint density at radius 2 is 2.12 bits per heavy atom. The normalized spacial score (nSPS) is 11.2. The number of nitrogens with one attached hydrogen (secondary N) is 2. The van der Waals surface area contributed by atoms with E-state index in [2.05, 4.69) is 25.3 Å². The van der Waals surface area contributed by atoms with Crippen LogP contribution in [-0.4, -0.2) is 31.1 Å². The molecule has 0 radical (unpaired) electrons. The Bertz CT molecular complexity index is 727. The molecule has 144 valence electrons. The van der Waals surface area contributed by atoms with Gasteiger partial charge >= 0.3 is 6.61 Å². The highest BCUT2D eigenvalue weighted by atomic mass is 127. The molecule has 5 nitrogen and oxygen atoms in total. The van der Waals surface area contributed by atoms with Crippen LogP contribution in [0.5, 0.6) is 5.75 Å². The summed E-state index contributed by atoms with van der Waals surface area (Å²) >= 11 is 1.58. The molecular weight excluding hydrogens is 480 g/mol. The van der Waals surface area contributed by atoms with Crippen molar-refractivity contribution in [1.82, 2.24) is 15.6 Å². The van der Waals surface area contributed by atoms with Crippen molar-refractivity contribution < 1.29 is 17.9 Å². The van der Waals surface area contributed by atoms with Crippen molar-refractivity contribution in [2.45, 2.75) is 26.5 Å². The number of thiazole rings is 1. The fourth-order valence-corrected chi connectivity index (χ4v) is 2.79. The Morgan fingerprint density at radius 3 is 2.73 bits per heavy atom. The molecule has 2 aromatic rings. The van der Waals surface area contributed by atoms with Gasteiger partial charge in [0.1, 0.15) is 11.6 Å². The molecule has 26 heavy (non-hydrogen) atoms. The number of ether oxygens (including phenoxy) is 1. The van der Waals surface area contributed by atoms with E-state index >= 15 is 0 Å². The van der Waals surface area contributed by atoms with Gasteiger partial charge in [0.05, 0.1) is 10.7 Å². The minimum absolute atomic E-state index is 0. The second-order valence-electron chi connectivity index (χ2n) is 5.06. The molecule has 0 saturated heterocycles. The van der Waals surface area contributed by atoms with Crippen LogP contribution >= 0.6 is 35.3 Å². The van der Waals surface area contributed by atoms with E-state index in [9.17, 15) is 13.2 Å². The predicted molar refractivity (Wildman–Crippen MR) is 107 cm³/mol. The number of guanidine groups is 1. The van der Waals surface area contributed by atoms with Gasteiger partial charge in [-0.1, -0.05) is 6.07 Å². The van der Waals surface area contributed by atoms with Crippen molar-refractivity contribution in [3.8, 4) is 5.75 Å². The summed E-state index contributed by atoms with van der Waals surface area (Å²) in [5.41, 5.74) is 0.994. The fraction of sp³-hybridized carbons (Fsp3) is 0.375. The van der Waals surface area contributed by atoms with Crippen molar-refractivity contribution in [2.24, 2.45) is 4.99 Å². The molecule has 0 saturated carbocycles. The van der Waals surface area contributed by atoms with Crippen LogP contribution in [0.1, 0.15) is 16.3 Å². The molecule has 0 aliphatic heterocycles. The van der Waals surface area contributed by atoms with Crippen LogP contribution < -0.4 is 15.4 Å². The van der Waals surface area contributed by atoms with Crippen LogP contribution in [0.4, 0.5) is 13.2 Å². The Morgan fingerprint density at radius 1 is 1.35 bits per heavy atom. The maximum atomic E-state index is 13.9. The van der Waals surface area contributed by atoms with Crippen molar-refractivity contribution in [1.29, 1.82) is 0 Å². The third-order valence-corrected chi connectivity index (χ3v) is 4.11. The predicted octanol–water partition coefficient (Wildman–Crippen LogP) is 3.72. The van der Waals surface area contributed by atoms with Crippen molar-refractivity contribution >= 4 is 41.3 Å². The summed E-state index contributed by atoms with van der Waals surface area (Å²) in [5, 5.41) is 8.95. The second kappa shape index (κ2) is 11.2. The lowest BCUT2D eigenvalue weighted by Crippen LogP contribution is -2.38. The van der Waals surface area contributed by atoms with E-state index in [1.54, 1.807) is 18.4 Å². The first-order valence-corrected chi connectivity index (χ1v) is 8.45. The van der Waals surface area contributed by atoms with E-state index in [0.717, 1.165) is 10.7 Å². The quantitative estimate of drug-likeness (QED) is 0.346. The SMILES string of the molecule is CN=C(NCCc1csc(C)n1)NCc1c(F)cccc1OC(F)F.I. The maximum Gasteiger partial charge on any atom is 0.387 e. The van der Waals surface area contributed by atoms with Crippen LogP contribution in [0.3, 0.4) is 0 Å². The van der Waals surface area contributed by atoms with Gasteiger partial charge in [0.15, 0.2) is 5.96 Å². The lowest BCUT2D eigenvalue weighted by atomic mass is 10.2. The van der Waals surface area contributed by atoms with Gasteiger partial charge in [-0.15, -0.1) is 35.3 Å². The maximum absolute atomic E-state index is 13.9. The second-order valence-corrected chi connectivity index (χ2v) is 6.12. The molecule has 0 bridgehead atoms. The van der Waals surface area contributed by atoms with Gasteiger partial charge in [0.25, 0.3) is 0 Å². The number of aliphatic imine (C=N–C) groups is 1. The molecule has 2 N–H and O–H groups in total. The smallest absolute Gasteiger partial charge is 0.387 e. The van der Waals surface area contributed by atoms with E-state index in [-0.39, 0.29) is 41.8 Å². The fourth-order valence-electron chi connectivity index (χ4n) is 2.14. The van der Waals surface area contributed by atoms with E-state index in [1.807, 2.05) is 12.3 Å². The van der Waals surface area contributed by atoms with Crippen LogP contribution in [0.15, 0.2) is 28.6 Å². The van der Waals surface area contributed by atoms with Gasteiger partial charge in [0.2, 0.25) is 0 Å². The Kier molecular flexibility index (Phi) is 9.70. The lowest BCUT2D eigenvalue weighted by molar-refractivity contribution is -0.0506. The van der Waals surface area contributed by atoms with Crippen LogP contribution in [0, 0.1) is 12.7 Å². The van der Waals surface area contributed by atoms with Gasteiger partial charge in [-0.25, -0.2) is 9.37 Å². The molecule has 0 spiro atoms. The highest BCUT2D eigenvalue weighted by molar-refractivity contribution is 14.0. The minimum Gasteiger partial charge on any atom is -0.434 e. The van der Waals surface area contributed by atoms with Gasteiger partial charge in [-0.2, -0.15) is 8.78 Å². The van der Waals surface area contributed by atoms with E-state index in [4.69, 9.17) is 0 Å². The molecule has 1 aromatic heterocycles. The van der Waals surface area contributed by atoms with E-state index in [0.29, 0.717) is 18.9 Å². The summed E-state index contributed by atoms with van der Waals surface area (Å²) in [6.45, 7) is -0.528. The van der Waals surface area contributed by atoms with E-state index < -0.39 is 12.4 Å². The van der Waals surface area contributed by atoms with Crippen LogP contribution in [0.25, 0.3) is 0 Å². The average Bonchev–Trinajstić information content (AvgIpc) is 2.97. The zero-order chi connectivity index (χ0) is 18.2. The van der Waals surface area contributed by atoms with Crippen molar-refractivity contribution in [2.75, 3.05) is 13.6 Å². The third-order valence-electron chi connectivity index (χ3n) is 3.29. The van der Waals surface area contributed by atoms with Gasteiger partial charge in [-0.3, -0.25) is 4.99 Å². The van der Waals surface area contributed by atoms with Crippen LogP contribution in [-0.2, 0) is 13.0 Å². The first-order valence-electron chi connectivity index (χ1n) is 7.57. The number of aromatic nitrogens is 1. The van der Waals surface area contributed by atoms with Crippen molar-refractivity contribution in [3.63, 3.8) is 0 Å². The number of rotatable bonds is 7. The largest absolute Gasteiger partial charge is 0.434 e. The number of aryl methyl sites for hydroxylation is 1. The van der Waals surface area contributed by atoms with Gasteiger partial charge in [0, 0.05) is 37.5 Å². The Balaban J connectivity index is 0.00000338. The third kappa shape index (κ3) is 6.98. The molecule has 0 amide bonds. The molecule has 2 rings (SSSR count). The molecule has 1 aromatic carbocycles. The van der Waals surface area contributed by atoms with Crippen molar-refractivity contribution in [3.05, 3.63) is 45.7 Å². The lowest BCUT2D eigenvalue weighted by Gasteiger charge is -2.15. The molecule has 10 heteroatoms. The molecular formula is C16H20F3IN4OS. The average molecular weight is 500 g/mol. The number of nitrogens with zero attached hydrogens (tertiary/aromatic N) is 2. The molecule has 0 unspecified atom stereocenters. The van der Waals surface area contributed by atoms with Crippen LogP contribution in [0.2, 0.25) is 0 Å². The number of hydrogen-bond acceptors (Lipinski definition) is 4. The number of hydrogen-bond donors (Lipinski definition) is 2. The molecule has 0 atom stereocenters.